The number of ether oxygens (including phenoxy) is 1. The van der Waals surface area contributed by atoms with E-state index in [9.17, 15) is 4.79 Å². The van der Waals surface area contributed by atoms with Crippen molar-refractivity contribution < 1.29 is 14.6 Å². The number of carboxylic acid groups (broad SMARTS) is 1. The minimum absolute atomic E-state index is 0.0243. The van der Waals surface area contributed by atoms with Crippen molar-refractivity contribution in [1.82, 2.24) is 4.98 Å². The van der Waals surface area contributed by atoms with Gasteiger partial charge in [0.05, 0.1) is 12.1 Å². The van der Waals surface area contributed by atoms with E-state index >= 15 is 0 Å². The summed E-state index contributed by atoms with van der Waals surface area (Å²) in [5.74, 6) is 0.172. The summed E-state index contributed by atoms with van der Waals surface area (Å²) in [6, 6.07) is 9.52. The lowest BCUT2D eigenvalue weighted by Gasteiger charge is -2.03. The Morgan fingerprint density at radius 3 is 2.65 bits per heavy atom. The molecule has 0 atom stereocenters. The Bertz CT molecular complexity index is 578. The second kappa shape index (κ2) is 6.52. The van der Waals surface area contributed by atoms with Gasteiger partial charge >= 0.3 is 5.97 Å². The molecule has 0 amide bonds. The molecule has 0 saturated heterocycles. The molecule has 20 heavy (non-hydrogen) atoms. The number of thiazole rings is 1. The molecule has 0 bridgehead atoms. The highest BCUT2D eigenvalue weighted by atomic mass is 32.1. The second-order valence-electron chi connectivity index (χ2n) is 4.74. The molecule has 0 fully saturated rings. The Hall–Kier alpha value is -1.88. The molecule has 0 spiro atoms. The predicted octanol–water partition coefficient (Wildman–Crippen LogP) is 3.47. The van der Waals surface area contributed by atoms with E-state index in [-0.39, 0.29) is 12.3 Å². The van der Waals surface area contributed by atoms with Crippen LogP contribution in [0.3, 0.4) is 0 Å². The topological polar surface area (TPSA) is 59.4 Å². The van der Waals surface area contributed by atoms with Crippen LogP contribution in [0.2, 0.25) is 0 Å². The van der Waals surface area contributed by atoms with Crippen molar-refractivity contribution in [3.05, 3.63) is 45.9 Å². The molecule has 106 valence electrons. The molecule has 1 N–H and O–H groups in total. The van der Waals surface area contributed by atoms with Crippen molar-refractivity contribution in [2.24, 2.45) is 0 Å². The Balaban J connectivity index is 2.10. The minimum atomic E-state index is -0.828. The van der Waals surface area contributed by atoms with Gasteiger partial charge in [-0.3, -0.25) is 4.79 Å². The summed E-state index contributed by atoms with van der Waals surface area (Å²) in [5.41, 5.74) is 0.865. The Morgan fingerprint density at radius 2 is 2.05 bits per heavy atom. The molecule has 4 nitrogen and oxygen atoms in total. The molecule has 1 aromatic heterocycles. The van der Waals surface area contributed by atoms with Gasteiger partial charge in [0.15, 0.2) is 0 Å². The highest BCUT2D eigenvalue weighted by Gasteiger charge is 2.16. The summed E-state index contributed by atoms with van der Waals surface area (Å²) in [7, 11) is 0. The number of para-hydroxylation sites is 1. The lowest BCUT2D eigenvalue weighted by Crippen LogP contribution is -2.02. The molecule has 1 aromatic carbocycles. The number of aromatic nitrogens is 1. The molecule has 5 heteroatoms. The van der Waals surface area contributed by atoms with E-state index in [1.165, 1.54) is 11.3 Å². The lowest BCUT2D eigenvalue weighted by molar-refractivity contribution is -0.136. The van der Waals surface area contributed by atoms with Crippen LogP contribution in [0.5, 0.6) is 5.75 Å². The number of carboxylic acids is 1. The number of benzene rings is 1. The van der Waals surface area contributed by atoms with Gasteiger partial charge in [0.25, 0.3) is 0 Å². The summed E-state index contributed by atoms with van der Waals surface area (Å²) in [6.45, 7) is 4.40. The Morgan fingerprint density at radius 1 is 1.35 bits per heavy atom. The first-order valence-corrected chi connectivity index (χ1v) is 7.26. The van der Waals surface area contributed by atoms with Gasteiger partial charge in [0, 0.05) is 4.88 Å². The van der Waals surface area contributed by atoms with Gasteiger partial charge in [-0.2, -0.15) is 0 Å². The number of hydrogen-bond donors (Lipinski definition) is 1. The normalized spacial score (nSPS) is 10.8. The molecule has 0 aliphatic heterocycles. The molecule has 0 saturated carbocycles. The zero-order valence-corrected chi connectivity index (χ0v) is 12.3. The van der Waals surface area contributed by atoms with E-state index in [1.807, 2.05) is 44.2 Å². The molecule has 0 unspecified atom stereocenters. The van der Waals surface area contributed by atoms with Gasteiger partial charge < -0.3 is 9.84 Å². The first kappa shape index (κ1) is 14.5. The third kappa shape index (κ3) is 3.81. The quantitative estimate of drug-likeness (QED) is 0.885. The molecule has 0 aliphatic carbocycles. The van der Waals surface area contributed by atoms with Crippen LogP contribution in [0.25, 0.3) is 0 Å². The van der Waals surface area contributed by atoms with Crippen molar-refractivity contribution in [2.75, 3.05) is 0 Å². The van der Waals surface area contributed by atoms with E-state index in [0.717, 1.165) is 21.3 Å². The summed E-state index contributed by atoms with van der Waals surface area (Å²) in [6.07, 6.45) is 0.0243. The van der Waals surface area contributed by atoms with Crippen LogP contribution in [0.4, 0.5) is 0 Å². The second-order valence-corrected chi connectivity index (χ2v) is 5.91. The van der Waals surface area contributed by atoms with Gasteiger partial charge in [-0.1, -0.05) is 32.0 Å². The van der Waals surface area contributed by atoms with Crippen LogP contribution >= 0.6 is 11.3 Å². The van der Waals surface area contributed by atoms with Gasteiger partial charge in [-0.05, 0) is 18.1 Å². The summed E-state index contributed by atoms with van der Waals surface area (Å²) < 4.78 is 5.65. The summed E-state index contributed by atoms with van der Waals surface area (Å²) >= 11 is 1.42. The van der Waals surface area contributed by atoms with Crippen LogP contribution in [-0.2, 0) is 17.8 Å². The van der Waals surface area contributed by atoms with Crippen LogP contribution in [-0.4, -0.2) is 16.1 Å². The third-order valence-corrected chi connectivity index (χ3v) is 3.78. The largest absolute Gasteiger partial charge is 0.486 e. The number of carbonyl (C=O) groups is 1. The average Bonchev–Trinajstić information content (AvgIpc) is 2.80. The SMILES string of the molecule is CC(C)c1nc(COc2ccccc2)sc1CC(=O)O. The zero-order chi connectivity index (χ0) is 14.5. The highest BCUT2D eigenvalue weighted by Crippen LogP contribution is 2.26. The van der Waals surface area contributed by atoms with Crippen LogP contribution in [0, 0.1) is 0 Å². The summed E-state index contributed by atoms with van der Waals surface area (Å²) in [5, 5.41) is 9.75. The van der Waals surface area contributed by atoms with E-state index in [4.69, 9.17) is 9.84 Å². The zero-order valence-electron chi connectivity index (χ0n) is 11.5. The van der Waals surface area contributed by atoms with Gasteiger partial charge in [-0.25, -0.2) is 4.98 Å². The fourth-order valence-corrected chi connectivity index (χ4v) is 2.98. The van der Waals surface area contributed by atoms with E-state index in [2.05, 4.69) is 4.98 Å². The van der Waals surface area contributed by atoms with Crippen molar-refractivity contribution in [1.29, 1.82) is 0 Å². The minimum Gasteiger partial charge on any atom is -0.486 e. The molecule has 0 aliphatic rings. The van der Waals surface area contributed by atoms with Crippen molar-refractivity contribution in [3.8, 4) is 5.75 Å². The van der Waals surface area contributed by atoms with Gasteiger partial charge in [-0.15, -0.1) is 11.3 Å². The standard InChI is InChI=1S/C15H17NO3S/c1-10(2)15-12(8-14(17)18)20-13(16-15)9-19-11-6-4-3-5-7-11/h3-7,10H,8-9H2,1-2H3,(H,17,18). The number of hydrogen-bond acceptors (Lipinski definition) is 4. The smallest absolute Gasteiger partial charge is 0.308 e. The van der Waals surface area contributed by atoms with Crippen molar-refractivity contribution >= 4 is 17.3 Å². The van der Waals surface area contributed by atoms with Crippen LogP contribution in [0.15, 0.2) is 30.3 Å². The van der Waals surface area contributed by atoms with Crippen LogP contribution in [0.1, 0.15) is 35.3 Å². The maximum Gasteiger partial charge on any atom is 0.308 e. The molecule has 1 heterocycles. The molecule has 2 rings (SSSR count). The molecule has 0 radical (unpaired) electrons. The molecular formula is C15H17NO3S. The highest BCUT2D eigenvalue weighted by molar-refractivity contribution is 7.11. The average molecular weight is 291 g/mol. The van der Waals surface area contributed by atoms with E-state index in [1.54, 1.807) is 0 Å². The lowest BCUT2D eigenvalue weighted by atomic mass is 10.1. The fourth-order valence-electron chi connectivity index (χ4n) is 1.85. The number of aliphatic carboxylic acids is 1. The van der Waals surface area contributed by atoms with E-state index in [0.29, 0.717) is 6.61 Å². The van der Waals surface area contributed by atoms with Crippen LogP contribution < -0.4 is 4.74 Å². The van der Waals surface area contributed by atoms with Crippen molar-refractivity contribution in [3.63, 3.8) is 0 Å². The maximum absolute atomic E-state index is 10.9. The number of nitrogens with zero attached hydrogens (tertiary/aromatic N) is 1. The van der Waals surface area contributed by atoms with Gasteiger partial charge in [0.2, 0.25) is 0 Å². The monoisotopic (exact) mass is 291 g/mol. The first-order valence-electron chi connectivity index (χ1n) is 6.44. The first-order chi connectivity index (χ1) is 9.56. The fraction of sp³-hybridized carbons (Fsp3) is 0.333. The summed E-state index contributed by atoms with van der Waals surface area (Å²) in [4.78, 5) is 16.2. The van der Waals surface area contributed by atoms with Gasteiger partial charge in [0.1, 0.15) is 17.4 Å². The molecular weight excluding hydrogens is 274 g/mol. The Labute approximate surface area is 122 Å². The predicted molar refractivity (Wildman–Crippen MR) is 78.3 cm³/mol. The Kier molecular flexibility index (Phi) is 4.74. The van der Waals surface area contributed by atoms with Crippen molar-refractivity contribution in [2.45, 2.75) is 32.8 Å². The maximum atomic E-state index is 10.9. The molecule has 2 aromatic rings. The third-order valence-electron chi connectivity index (χ3n) is 2.74. The van der Waals surface area contributed by atoms with E-state index < -0.39 is 5.97 Å². The number of rotatable bonds is 6.